The predicted molar refractivity (Wildman–Crippen MR) is 59.2 cm³/mol. The average Bonchev–Trinajstić information content (AvgIpc) is 2.55. The van der Waals surface area contributed by atoms with E-state index in [0.717, 1.165) is 24.4 Å². The fraction of sp³-hybridized carbons (Fsp3) is 0.556. The summed E-state index contributed by atoms with van der Waals surface area (Å²) in [4.78, 5) is 17.5. The van der Waals surface area contributed by atoms with Crippen molar-refractivity contribution in [3.63, 3.8) is 0 Å². The van der Waals surface area contributed by atoms with Gasteiger partial charge >= 0.3 is 0 Å². The van der Waals surface area contributed by atoms with Gasteiger partial charge in [-0.05, 0) is 0 Å². The number of aromatic nitrogens is 1. The van der Waals surface area contributed by atoms with Gasteiger partial charge in [-0.25, -0.2) is 4.98 Å². The summed E-state index contributed by atoms with van der Waals surface area (Å²) in [6, 6.07) is 0. The van der Waals surface area contributed by atoms with Crippen molar-refractivity contribution in [2.75, 3.05) is 11.0 Å². The standard InChI is InChI=1S/C9H11IN2O2/c1-6-11-7-5-12(9(13)4-10)3-2-8(7)14-6/h2-5H2,1H3. The quantitative estimate of drug-likeness (QED) is 0.580. The number of alkyl halides is 1. The predicted octanol–water partition coefficient (Wildman–Crippen LogP) is 1.30. The van der Waals surface area contributed by atoms with Crippen molar-refractivity contribution in [1.82, 2.24) is 9.88 Å². The lowest BCUT2D eigenvalue weighted by Gasteiger charge is -2.24. The number of halogens is 1. The zero-order chi connectivity index (χ0) is 10.1. The van der Waals surface area contributed by atoms with Crippen molar-refractivity contribution in [3.05, 3.63) is 17.3 Å². The van der Waals surface area contributed by atoms with Crippen LogP contribution in [0.1, 0.15) is 17.3 Å². The molecule has 5 heteroatoms. The Balaban J connectivity index is 2.16. The number of carbonyl (C=O) groups excluding carboxylic acids is 1. The highest BCUT2D eigenvalue weighted by Gasteiger charge is 2.23. The van der Waals surface area contributed by atoms with Crippen molar-refractivity contribution < 1.29 is 9.21 Å². The Morgan fingerprint density at radius 2 is 2.50 bits per heavy atom. The van der Waals surface area contributed by atoms with Gasteiger partial charge in [-0.15, -0.1) is 0 Å². The Kier molecular flexibility index (Phi) is 2.76. The van der Waals surface area contributed by atoms with E-state index in [-0.39, 0.29) is 5.91 Å². The third-order valence-corrected chi connectivity index (χ3v) is 2.95. The number of rotatable bonds is 1. The molecule has 1 amide bonds. The van der Waals surface area contributed by atoms with Gasteiger partial charge in [0.15, 0.2) is 5.89 Å². The molecule has 0 radical (unpaired) electrons. The van der Waals surface area contributed by atoms with E-state index in [4.69, 9.17) is 4.42 Å². The van der Waals surface area contributed by atoms with E-state index in [1.54, 1.807) is 0 Å². The lowest BCUT2D eigenvalue weighted by molar-refractivity contribution is -0.129. The molecule has 0 spiro atoms. The topological polar surface area (TPSA) is 46.3 Å². The largest absolute Gasteiger partial charge is 0.446 e. The number of aryl methyl sites for hydroxylation is 1. The van der Waals surface area contributed by atoms with Gasteiger partial charge in [0.25, 0.3) is 0 Å². The van der Waals surface area contributed by atoms with Crippen LogP contribution in [-0.4, -0.2) is 26.8 Å². The van der Waals surface area contributed by atoms with Crippen LogP contribution >= 0.6 is 22.6 Å². The van der Waals surface area contributed by atoms with E-state index in [1.165, 1.54) is 0 Å². The van der Waals surface area contributed by atoms with Crippen LogP contribution in [0.25, 0.3) is 0 Å². The van der Waals surface area contributed by atoms with Crippen molar-refractivity contribution in [1.29, 1.82) is 0 Å². The van der Waals surface area contributed by atoms with Crippen molar-refractivity contribution in [2.24, 2.45) is 0 Å². The van der Waals surface area contributed by atoms with Crippen LogP contribution in [0.5, 0.6) is 0 Å². The van der Waals surface area contributed by atoms with Crippen molar-refractivity contribution >= 4 is 28.5 Å². The number of nitrogens with zero attached hydrogens (tertiary/aromatic N) is 2. The second kappa shape index (κ2) is 3.88. The van der Waals surface area contributed by atoms with Gasteiger partial charge in [-0.2, -0.15) is 0 Å². The summed E-state index contributed by atoms with van der Waals surface area (Å²) >= 11 is 2.09. The second-order valence-electron chi connectivity index (χ2n) is 3.30. The fourth-order valence-corrected chi connectivity index (χ4v) is 2.11. The lowest BCUT2D eigenvalue weighted by Crippen LogP contribution is -2.36. The SMILES string of the molecule is Cc1nc2c(o1)CCN(C(=O)CI)C2. The summed E-state index contributed by atoms with van der Waals surface area (Å²) in [5.74, 6) is 1.82. The van der Waals surface area contributed by atoms with Crippen LogP contribution in [0.2, 0.25) is 0 Å². The molecule has 1 aliphatic rings. The van der Waals surface area contributed by atoms with Gasteiger partial charge in [0, 0.05) is 19.9 Å². The average molecular weight is 306 g/mol. The molecule has 1 aliphatic heterocycles. The first-order valence-corrected chi connectivity index (χ1v) is 6.02. The molecular weight excluding hydrogens is 295 g/mol. The number of hydrogen-bond donors (Lipinski definition) is 0. The number of fused-ring (bicyclic) bond motifs is 1. The number of carbonyl (C=O) groups is 1. The normalized spacial score (nSPS) is 15.4. The summed E-state index contributed by atoms with van der Waals surface area (Å²) in [7, 11) is 0. The van der Waals surface area contributed by atoms with E-state index in [1.807, 2.05) is 11.8 Å². The number of amides is 1. The molecule has 0 aromatic carbocycles. The zero-order valence-electron chi connectivity index (χ0n) is 7.92. The molecule has 0 unspecified atom stereocenters. The molecule has 0 atom stereocenters. The van der Waals surface area contributed by atoms with Gasteiger partial charge in [0.05, 0.1) is 11.0 Å². The highest BCUT2D eigenvalue weighted by atomic mass is 127. The van der Waals surface area contributed by atoms with Gasteiger partial charge in [-0.1, -0.05) is 22.6 Å². The zero-order valence-corrected chi connectivity index (χ0v) is 10.1. The van der Waals surface area contributed by atoms with Crippen LogP contribution in [0.15, 0.2) is 4.42 Å². The highest BCUT2D eigenvalue weighted by Crippen LogP contribution is 2.19. The molecule has 2 rings (SSSR count). The molecule has 0 N–H and O–H groups in total. The van der Waals surface area contributed by atoms with E-state index in [2.05, 4.69) is 27.6 Å². The maximum Gasteiger partial charge on any atom is 0.232 e. The Morgan fingerprint density at radius 1 is 1.71 bits per heavy atom. The molecule has 2 heterocycles. The first-order chi connectivity index (χ1) is 6.70. The summed E-state index contributed by atoms with van der Waals surface area (Å²) in [6.07, 6.45) is 0.790. The number of hydrogen-bond acceptors (Lipinski definition) is 3. The minimum Gasteiger partial charge on any atom is -0.446 e. The van der Waals surface area contributed by atoms with Crippen LogP contribution < -0.4 is 0 Å². The molecule has 0 saturated carbocycles. The fourth-order valence-electron chi connectivity index (χ4n) is 1.63. The van der Waals surface area contributed by atoms with E-state index in [0.29, 0.717) is 16.9 Å². The monoisotopic (exact) mass is 306 g/mol. The van der Waals surface area contributed by atoms with E-state index >= 15 is 0 Å². The maximum absolute atomic E-state index is 11.4. The summed E-state index contributed by atoms with van der Waals surface area (Å²) in [5, 5.41) is 0. The molecule has 1 aromatic heterocycles. The Labute approximate surface area is 95.8 Å². The minimum absolute atomic E-state index is 0.178. The summed E-state index contributed by atoms with van der Waals surface area (Å²) < 4.78 is 5.95. The molecule has 0 fully saturated rings. The third kappa shape index (κ3) is 1.77. The molecule has 0 saturated heterocycles. The Hall–Kier alpha value is -0.590. The van der Waals surface area contributed by atoms with Gasteiger partial charge < -0.3 is 9.32 Å². The van der Waals surface area contributed by atoms with Crippen LogP contribution in [0.3, 0.4) is 0 Å². The van der Waals surface area contributed by atoms with Crippen LogP contribution in [0.4, 0.5) is 0 Å². The first kappa shape index (κ1) is 9.95. The van der Waals surface area contributed by atoms with Crippen molar-refractivity contribution in [3.8, 4) is 0 Å². The van der Waals surface area contributed by atoms with Gasteiger partial charge in [0.1, 0.15) is 11.5 Å². The maximum atomic E-state index is 11.4. The van der Waals surface area contributed by atoms with Gasteiger partial charge in [-0.3, -0.25) is 4.79 Å². The Bertz CT molecular complexity index is 362. The molecule has 4 nitrogen and oxygen atoms in total. The second-order valence-corrected chi connectivity index (χ2v) is 4.06. The third-order valence-electron chi connectivity index (χ3n) is 2.30. The highest BCUT2D eigenvalue weighted by molar-refractivity contribution is 14.1. The van der Waals surface area contributed by atoms with E-state index < -0.39 is 0 Å². The van der Waals surface area contributed by atoms with Crippen molar-refractivity contribution in [2.45, 2.75) is 19.9 Å². The minimum atomic E-state index is 0.178. The first-order valence-electron chi connectivity index (χ1n) is 4.49. The lowest BCUT2D eigenvalue weighted by atomic mass is 10.2. The molecule has 0 aliphatic carbocycles. The molecule has 0 bridgehead atoms. The Morgan fingerprint density at radius 3 is 3.21 bits per heavy atom. The van der Waals surface area contributed by atoms with Crippen LogP contribution in [0, 0.1) is 6.92 Å². The molecule has 76 valence electrons. The molecule has 1 aromatic rings. The van der Waals surface area contributed by atoms with Gasteiger partial charge in [0.2, 0.25) is 5.91 Å². The smallest absolute Gasteiger partial charge is 0.232 e. The molecule has 14 heavy (non-hydrogen) atoms. The summed E-state index contributed by atoms with van der Waals surface area (Å²) in [5.41, 5.74) is 0.923. The summed E-state index contributed by atoms with van der Waals surface area (Å²) in [6.45, 7) is 3.20. The van der Waals surface area contributed by atoms with Crippen LogP contribution in [-0.2, 0) is 17.8 Å². The molecular formula is C9H11IN2O2. The van der Waals surface area contributed by atoms with E-state index in [9.17, 15) is 4.79 Å². The number of oxazole rings is 1.